The van der Waals surface area contributed by atoms with E-state index >= 15 is 0 Å². The minimum Gasteiger partial charge on any atom is -0.356 e. The van der Waals surface area contributed by atoms with Gasteiger partial charge in [-0.3, -0.25) is 19.4 Å². The number of benzene rings is 2. The van der Waals surface area contributed by atoms with Gasteiger partial charge in [-0.25, -0.2) is 0 Å². The molecule has 0 radical (unpaired) electrons. The maximum absolute atomic E-state index is 13.5. The first-order chi connectivity index (χ1) is 17.9. The number of carbonyl (C=O) groups is 3. The molecule has 0 spiro atoms. The van der Waals surface area contributed by atoms with Crippen LogP contribution < -0.4 is 5.32 Å². The third-order valence-corrected chi connectivity index (χ3v) is 6.93. The van der Waals surface area contributed by atoms with Crippen LogP contribution in [-0.4, -0.2) is 58.2 Å². The lowest BCUT2D eigenvalue weighted by molar-refractivity contribution is -0.157. The maximum Gasteiger partial charge on any atom is 0.246 e. The van der Waals surface area contributed by atoms with Crippen LogP contribution in [-0.2, 0) is 33.8 Å². The fraction of sp³-hybridized carbons (Fsp3) is 0.286. The highest BCUT2D eigenvalue weighted by molar-refractivity contribution is 6.35. The molecule has 7 nitrogen and oxygen atoms in total. The average Bonchev–Trinajstić information content (AvgIpc) is 2.89. The number of pyridine rings is 1. The van der Waals surface area contributed by atoms with Crippen molar-refractivity contribution in [2.75, 3.05) is 19.6 Å². The second-order valence-electron chi connectivity index (χ2n) is 8.93. The number of nitrogens with zero attached hydrogens (tertiary/aromatic N) is 3. The lowest BCUT2D eigenvalue weighted by Crippen LogP contribution is -2.60. The van der Waals surface area contributed by atoms with Gasteiger partial charge in [-0.05, 0) is 53.8 Å². The second kappa shape index (κ2) is 12.7. The van der Waals surface area contributed by atoms with E-state index in [4.69, 9.17) is 23.2 Å². The van der Waals surface area contributed by atoms with Crippen LogP contribution in [0.4, 0.5) is 0 Å². The van der Waals surface area contributed by atoms with Gasteiger partial charge in [-0.1, -0.05) is 59.6 Å². The summed E-state index contributed by atoms with van der Waals surface area (Å²) >= 11 is 12.3. The van der Waals surface area contributed by atoms with Gasteiger partial charge in [0.1, 0.15) is 6.04 Å². The minimum absolute atomic E-state index is 0.0543. The standard InChI is InChI=1S/C28H28Cl2N4O3/c29-23-7-6-22(24(30)16-23)11-15-33-19-27(36)34(18-21-8-12-31-13-9-21)25(28(33)37)17-26(35)32-14-10-20-4-2-1-3-5-20/h1-9,12-13,16,25H,10-11,14-15,17-19H2,(H,32,35). The van der Waals surface area contributed by atoms with Crippen molar-refractivity contribution >= 4 is 40.9 Å². The molecular formula is C28H28Cl2N4O3. The predicted molar refractivity (Wildman–Crippen MR) is 143 cm³/mol. The number of carbonyl (C=O) groups excluding carboxylic acids is 3. The molecule has 192 valence electrons. The topological polar surface area (TPSA) is 82.6 Å². The van der Waals surface area contributed by atoms with Gasteiger partial charge in [0.25, 0.3) is 0 Å². The Hall–Kier alpha value is -3.42. The molecule has 1 N–H and O–H groups in total. The lowest BCUT2D eigenvalue weighted by Gasteiger charge is -2.40. The molecule has 4 rings (SSSR count). The number of hydrogen-bond acceptors (Lipinski definition) is 4. The largest absolute Gasteiger partial charge is 0.356 e. The highest BCUT2D eigenvalue weighted by Gasteiger charge is 2.40. The SMILES string of the molecule is O=C(CC1C(=O)N(CCc2ccc(Cl)cc2Cl)CC(=O)N1Cc1ccncc1)NCCc1ccccc1. The van der Waals surface area contributed by atoms with Crippen LogP contribution in [0.15, 0.2) is 73.1 Å². The second-order valence-corrected chi connectivity index (χ2v) is 9.77. The van der Waals surface area contributed by atoms with Crippen molar-refractivity contribution < 1.29 is 14.4 Å². The van der Waals surface area contributed by atoms with Crippen molar-refractivity contribution in [3.63, 3.8) is 0 Å². The van der Waals surface area contributed by atoms with Crippen LogP contribution in [0.5, 0.6) is 0 Å². The molecule has 9 heteroatoms. The summed E-state index contributed by atoms with van der Waals surface area (Å²) in [5, 5.41) is 3.94. The van der Waals surface area contributed by atoms with Gasteiger partial charge in [0.05, 0.1) is 13.0 Å². The molecule has 3 aromatic rings. The molecular weight excluding hydrogens is 511 g/mol. The summed E-state index contributed by atoms with van der Waals surface area (Å²) in [4.78, 5) is 46.6. The van der Waals surface area contributed by atoms with Crippen molar-refractivity contribution in [3.05, 3.63) is 99.8 Å². The molecule has 0 bridgehead atoms. The molecule has 1 unspecified atom stereocenters. The summed E-state index contributed by atoms with van der Waals surface area (Å²) in [5.41, 5.74) is 2.78. The molecule has 37 heavy (non-hydrogen) atoms. The molecule has 1 aliphatic rings. The zero-order chi connectivity index (χ0) is 26.2. The van der Waals surface area contributed by atoms with E-state index in [0.29, 0.717) is 36.0 Å². The Morgan fingerprint density at radius 2 is 1.73 bits per heavy atom. The molecule has 2 heterocycles. The summed E-state index contributed by atoms with van der Waals surface area (Å²) in [5.74, 6) is -0.734. The number of nitrogens with one attached hydrogen (secondary N) is 1. The Bertz CT molecular complexity index is 1240. The van der Waals surface area contributed by atoms with Crippen LogP contribution in [0, 0.1) is 0 Å². The first-order valence-electron chi connectivity index (χ1n) is 12.1. The van der Waals surface area contributed by atoms with Gasteiger partial charge in [0.15, 0.2) is 0 Å². The van der Waals surface area contributed by atoms with Gasteiger partial charge in [-0.2, -0.15) is 0 Å². The number of hydrogen-bond donors (Lipinski definition) is 1. The lowest BCUT2D eigenvalue weighted by atomic mass is 10.0. The molecule has 1 aliphatic heterocycles. The fourth-order valence-corrected chi connectivity index (χ4v) is 4.84. The summed E-state index contributed by atoms with van der Waals surface area (Å²) in [6.07, 6.45) is 4.31. The summed E-state index contributed by atoms with van der Waals surface area (Å²) < 4.78 is 0. The average molecular weight is 539 g/mol. The summed E-state index contributed by atoms with van der Waals surface area (Å²) in [6.45, 7) is 0.926. The Morgan fingerprint density at radius 3 is 2.46 bits per heavy atom. The smallest absolute Gasteiger partial charge is 0.246 e. The summed E-state index contributed by atoms with van der Waals surface area (Å²) in [7, 11) is 0. The molecule has 0 aliphatic carbocycles. The first-order valence-corrected chi connectivity index (χ1v) is 12.9. The van der Waals surface area contributed by atoms with Gasteiger partial charge >= 0.3 is 0 Å². The zero-order valence-electron chi connectivity index (χ0n) is 20.3. The van der Waals surface area contributed by atoms with Crippen LogP contribution in [0.2, 0.25) is 10.0 Å². The third-order valence-electron chi connectivity index (χ3n) is 6.35. The zero-order valence-corrected chi connectivity index (χ0v) is 21.8. The molecule has 1 saturated heterocycles. The van der Waals surface area contributed by atoms with E-state index in [-0.39, 0.29) is 37.2 Å². The first kappa shape index (κ1) is 26.6. The number of aromatic nitrogens is 1. The molecule has 1 atom stereocenters. The molecule has 2 aromatic carbocycles. The van der Waals surface area contributed by atoms with Crippen molar-refractivity contribution in [3.8, 4) is 0 Å². The monoisotopic (exact) mass is 538 g/mol. The van der Waals surface area contributed by atoms with Gasteiger partial charge in [0.2, 0.25) is 17.7 Å². The van der Waals surface area contributed by atoms with E-state index < -0.39 is 6.04 Å². The van der Waals surface area contributed by atoms with Crippen LogP contribution in [0.25, 0.3) is 0 Å². The quantitative estimate of drug-likeness (QED) is 0.424. The normalized spacial score (nSPS) is 15.7. The van der Waals surface area contributed by atoms with Crippen LogP contribution in [0.3, 0.4) is 0 Å². The molecule has 3 amide bonds. The van der Waals surface area contributed by atoms with Gasteiger partial charge in [-0.15, -0.1) is 0 Å². The van der Waals surface area contributed by atoms with E-state index in [0.717, 1.165) is 16.7 Å². The Balaban J connectivity index is 1.44. The van der Waals surface area contributed by atoms with Crippen LogP contribution in [0.1, 0.15) is 23.1 Å². The fourth-order valence-electron chi connectivity index (χ4n) is 4.34. The van der Waals surface area contributed by atoms with E-state index in [1.807, 2.05) is 36.4 Å². The van der Waals surface area contributed by atoms with E-state index in [1.165, 1.54) is 9.80 Å². The Kier molecular flexibility index (Phi) is 9.14. The molecule has 1 fully saturated rings. The van der Waals surface area contributed by atoms with E-state index in [2.05, 4.69) is 10.3 Å². The van der Waals surface area contributed by atoms with Crippen molar-refractivity contribution in [1.29, 1.82) is 0 Å². The third kappa shape index (κ3) is 7.31. The number of rotatable bonds is 10. The molecule has 0 saturated carbocycles. The minimum atomic E-state index is -0.896. The van der Waals surface area contributed by atoms with E-state index in [9.17, 15) is 14.4 Å². The summed E-state index contributed by atoms with van der Waals surface area (Å²) in [6, 6.07) is 17.7. The van der Waals surface area contributed by atoms with Crippen molar-refractivity contribution in [2.45, 2.75) is 31.8 Å². The number of piperazine rings is 1. The Labute approximate surface area is 226 Å². The van der Waals surface area contributed by atoms with Crippen LogP contribution >= 0.6 is 23.2 Å². The van der Waals surface area contributed by atoms with E-state index in [1.54, 1.807) is 36.7 Å². The maximum atomic E-state index is 13.5. The van der Waals surface area contributed by atoms with Crippen molar-refractivity contribution in [1.82, 2.24) is 20.1 Å². The molecule has 1 aromatic heterocycles. The highest BCUT2D eigenvalue weighted by atomic mass is 35.5. The number of halogens is 2. The van der Waals surface area contributed by atoms with Gasteiger partial charge < -0.3 is 15.1 Å². The highest BCUT2D eigenvalue weighted by Crippen LogP contribution is 2.23. The predicted octanol–water partition coefficient (Wildman–Crippen LogP) is 3.92. The number of amides is 3. The van der Waals surface area contributed by atoms with Crippen molar-refractivity contribution in [2.24, 2.45) is 0 Å². The Morgan fingerprint density at radius 1 is 0.973 bits per heavy atom. The van der Waals surface area contributed by atoms with Gasteiger partial charge in [0, 0.05) is 42.1 Å².